The summed E-state index contributed by atoms with van der Waals surface area (Å²) in [4.78, 5) is 29.0. The number of aromatic nitrogens is 3. The smallest absolute Gasteiger partial charge is 0.258 e. The normalized spacial score (nSPS) is 15.2. The van der Waals surface area contributed by atoms with Crippen LogP contribution in [0.4, 0.5) is 11.5 Å². The lowest BCUT2D eigenvalue weighted by molar-refractivity contribution is 0.102. The minimum absolute atomic E-state index is 0.0289. The second-order valence-corrected chi connectivity index (χ2v) is 9.38. The molecule has 3 aromatic rings. The SMILES string of the molecule is Cc1ccccc1-c1ccnc(N2CCCC2(C)C)c1NC(=O)c1cnc(C(C)C)nc1. The summed E-state index contributed by atoms with van der Waals surface area (Å²) >= 11 is 0. The van der Waals surface area contributed by atoms with Gasteiger partial charge in [0.2, 0.25) is 0 Å². The lowest BCUT2D eigenvalue weighted by Crippen LogP contribution is -2.39. The van der Waals surface area contributed by atoms with Crippen LogP contribution in [0.1, 0.15) is 68.2 Å². The number of amides is 1. The molecule has 1 aromatic carbocycles. The Bertz CT molecular complexity index is 1120. The molecule has 0 atom stereocenters. The van der Waals surface area contributed by atoms with Crippen molar-refractivity contribution < 1.29 is 4.79 Å². The first-order valence-electron chi connectivity index (χ1n) is 11.2. The number of pyridine rings is 1. The maximum Gasteiger partial charge on any atom is 0.258 e. The van der Waals surface area contributed by atoms with Gasteiger partial charge in [0.05, 0.1) is 11.3 Å². The molecule has 0 spiro atoms. The highest BCUT2D eigenvalue weighted by Crippen LogP contribution is 2.41. The molecule has 1 saturated heterocycles. The van der Waals surface area contributed by atoms with Crippen LogP contribution in [0.15, 0.2) is 48.9 Å². The van der Waals surface area contributed by atoms with Crippen molar-refractivity contribution in [3.63, 3.8) is 0 Å². The maximum atomic E-state index is 13.3. The fourth-order valence-corrected chi connectivity index (χ4v) is 4.32. The number of anilines is 2. The summed E-state index contributed by atoms with van der Waals surface area (Å²) in [7, 11) is 0. The van der Waals surface area contributed by atoms with Crippen LogP contribution in [0.5, 0.6) is 0 Å². The van der Waals surface area contributed by atoms with E-state index < -0.39 is 0 Å². The third-order valence-electron chi connectivity index (χ3n) is 6.21. The second kappa shape index (κ2) is 8.69. The van der Waals surface area contributed by atoms with E-state index >= 15 is 0 Å². The zero-order valence-corrected chi connectivity index (χ0v) is 19.5. The summed E-state index contributed by atoms with van der Waals surface area (Å²) in [6.45, 7) is 11.5. The largest absolute Gasteiger partial charge is 0.350 e. The van der Waals surface area contributed by atoms with Gasteiger partial charge in [0.15, 0.2) is 5.82 Å². The summed E-state index contributed by atoms with van der Waals surface area (Å²) in [5.74, 6) is 1.51. The van der Waals surface area contributed by atoms with Gasteiger partial charge in [-0.05, 0) is 50.8 Å². The number of rotatable bonds is 5. The standard InChI is InChI=1S/C26H31N5O/c1-17(2)23-28-15-19(16-29-23)25(32)30-22-21(20-10-7-6-9-18(20)3)11-13-27-24(22)31-14-8-12-26(31,4)5/h6-7,9-11,13,15-17H,8,12,14H2,1-5H3,(H,30,32). The van der Waals surface area contributed by atoms with Gasteiger partial charge in [-0.15, -0.1) is 0 Å². The van der Waals surface area contributed by atoms with Crippen LogP contribution >= 0.6 is 0 Å². The number of carbonyl (C=O) groups excluding carboxylic acids is 1. The lowest BCUT2D eigenvalue weighted by atomic mass is 9.98. The van der Waals surface area contributed by atoms with Crippen molar-refractivity contribution >= 4 is 17.4 Å². The van der Waals surface area contributed by atoms with Crippen LogP contribution < -0.4 is 10.2 Å². The highest BCUT2D eigenvalue weighted by Gasteiger charge is 2.35. The van der Waals surface area contributed by atoms with Crippen molar-refractivity contribution in [1.29, 1.82) is 0 Å². The number of carbonyl (C=O) groups is 1. The zero-order valence-electron chi connectivity index (χ0n) is 19.5. The Balaban J connectivity index is 1.79. The van der Waals surface area contributed by atoms with Crippen molar-refractivity contribution in [2.24, 2.45) is 0 Å². The van der Waals surface area contributed by atoms with Gasteiger partial charge in [0.1, 0.15) is 5.82 Å². The summed E-state index contributed by atoms with van der Waals surface area (Å²) in [6.07, 6.45) is 7.21. The molecule has 0 saturated carbocycles. The Labute approximate surface area is 190 Å². The van der Waals surface area contributed by atoms with E-state index in [9.17, 15) is 4.79 Å². The first-order valence-corrected chi connectivity index (χ1v) is 11.2. The lowest BCUT2D eigenvalue weighted by Gasteiger charge is -2.34. The second-order valence-electron chi connectivity index (χ2n) is 9.38. The van der Waals surface area contributed by atoms with Gasteiger partial charge in [-0.25, -0.2) is 15.0 Å². The number of benzene rings is 1. The van der Waals surface area contributed by atoms with Gasteiger partial charge < -0.3 is 10.2 Å². The van der Waals surface area contributed by atoms with Crippen molar-refractivity contribution in [2.75, 3.05) is 16.8 Å². The fourth-order valence-electron chi connectivity index (χ4n) is 4.32. The van der Waals surface area contributed by atoms with E-state index in [0.29, 0.717) is 5.56 Å². The Morgan fingerprint density at radius 3 is 2.41 bits per heavy atom. The number of hydrogen-bond donors (Lipinski definition) is 1. The molecule has 1 aliphatic heterocycles. The van der Waals surface area contributed by atoms with Crippen molar-refractivity contribution in [2.45, 2.75) is 58.9 Å². The van der Waals surface area contributed by atoms with Crippen LogP contribution in [0.25, 0.3) is 11.1 Å². The summed E-state index contributed by atoms with van der Waals surface area (Å²) in [5.41, 5.74) is 4.32. The Kier molecular flexibility index (Phi) is 5.96. The molecular weight excluding hydrogens is 398 g/mol. The van der Waals surface area contributed by atoms with Gasteiger partial charge in [-0.3, -0.25) is 4.79 Å². The molecule has 0 radical (unpaired) electrons. The van der Waals surface area contributed by atoms with Crippen molar-refractivity contribution in [3.8, 4) is 11.1 Å². The first kappa shape index (κ1) is 21.9. The molecule has 3 heterocycles. The first-order chi connectivity index (χ1) is 15.3. The van der Waals surface area contributed by atoms with Gasteiger partial charge in [0.25, 0.3) is 5.91 Å². The molecular formula is C26H31N5O. The highest BCUT2D eigenvalue weighted by atomic mass is 16.1. The minimum Gasteiger partial charge on any atom is -0.350 e. The minimum atomic E-state index is -0.235. The maximum absolute atomic E-state index is 13.3. The highest BCUT2D eigenvalue weighted by molar-refractivity contribution is 6.08. The molecule has 4 rings (SSSR count). The molecule has 0 bridgehead atoms. The van der Waals surface area contributed by atoms with Gasteiger partial charge >= 0.3 is 0 Å². The molecule has 1 N–H and O–H groups in total. The van der Waals surface area contributed by atoms with E-state index in [1.54, 1.807) is 12.4 Å². The van der Waals surface area contributed by atoms with Crippen LogP contribution in [-0.2, 0) is 0 Å². The molecule has 0 unspecified atom stereocenters. The molecule has 1 amide bonds. The molecule has 6 nitrogen and oxygen atoms in total. The Hall–Kier alpha value is -3.28. The van der Waals surface area contributed by atoms with E-state index in [0.717, 1.165) is 53.4 Å². The third-order valence-corrected chi connectivity index (χ3v) is 6.21. The molecule has 32 heavy (non-hydrogen) atoms. The number of nitrogens with zero attached hydrogens (tertiary/aromatic N) is 4. The van der Waals surface area contributed by atoms with Crippen LogP contribution in [0.2, 0.25) is 0 Å². The monoisotopic (exact) mass is 429 g/mol. The summed E-state index contributed by atoms with van der Waals surface area (Å²) < 4.78 is 0. The number of aryl methyl sites for hydroxylation is 1. The topological polar surface area (TPSA) is 71.0 Å². The van der Waals surface area contributed by atoms with E-state index in [2.05, 4.69) is 53.1 Å². The molecule has 6 heteroatoms. The summed E-state index contributed by atoms with van der Waals surface area (Å²) in [5, 5.41) is 3.16. The van der Waals surface area contributed by atoms with Crippen molar-refractivity contribution in [3.05, 3.63) is 65.9 Å². The molecule has 1 aliphatic rings. The predicted molar refractivity (Wildman–Crippen MR) is 129 cm³/mol. The molecule has 1 fully saturated rings. The Morgan fingerprint density at radius 2 is 1.78 bits per heavy atom. The van der Waals surface area contributed by atoms with E-state index in [-0.39, 0.29) is 17.4 Å². The quantitative estimate of drug-likeness (QED) is 0.571. The van der Waals surface area contributed by atoms with Crippen LogP contribution in [-0.4, -0.2) is 32.9 Å². The van der Waals surface area contributed by atoms with E-state index in [1.807, 2.05) is 38.2 Å². The van der Waals surface area contributed by atoms with Gasteiger partial charge in [0, 0.05) is 42.2 Å². The third kappa shape index (κ3) is 4.22. The molecule has 2 aromatic heterocycles. The van der Waals surface area contributed by atoms with Gasteiger partial charge in [-0.2, -0.15) is 0 Å². The van der Waals surface area contributed by atoms with Crippen LogP contribution in [0, 0.1) is 6.92 Å². The molecule has 166 valence electrons. The van der Waals surface area contributed by atoms with Crippen LogP contribution in [0.3, 0.4) is 0 Å². The Morgan fingerprint density at radius 1 is 1.06 bits per heavy atom. The number of nitrogens with one attached hydrogen (secondary N) is 1. The van der Waals surface area contributed by atoms with Gasteiger partial charge in [-0.1, -0.05) is 38.1 Å². The average Bonchev–Trinajstić information content (AvgIpc) is 3.13. The zero-order chi connectivity index (χ0) is 22.9. The van der Waals surface area contributed by atoms with E-state index in [1.165, 1.54) is 0 Å². The number of hydrogen-bond acceptors (Lipinski definition) is 5. The van der Waals surface area contributed by atoms with E-state index in [4.69, 9.17) is 4.98 Å². The predicted octanol–water partition coefficient (Wildman–Crippen LogP) is 5.60. The van der Waals surface area contributed by atoms with Crippen molar-refractivity contribution in [1.82, 2.24) is 15.0 Å². The average molecular weight is 430 g/mol. The summed E-state index contributed by atoms with van der Waals surface area (Å²) in [6, 6.07) is 10.2. The molecule has 0 aliphatic carbocycles. The fraction of sp³-hybridized carbons (Fsp3) is 0.385.